The molecule has 2 heterocycles. The number of thioether (sulfide) groups is 1. The molecule has 0 spiro atoms. The molecule has 0 bridgehead atoms. The molecule has 1 aliphatic heterocycles. The molecule has 0 radical (unpaired) electrons. The number of rotatable bonds is 6. The van der Waals surface area contributed by atoms with Crippen LogP contribution >= 0.6 is 35.7 Å². The molecule has 2 rings (SSSR count). The monoisotopic (exact) mass is 434 g/mol. The molecule has 1 fully saturated rings. The zero-order valence-electron chi connectivity index (χ0n) is 13.5. The molecule has 0 saturated carbocycles. The second kappa shape index (κ2) is 11.1. The molecule has 1 aromatic rings. The molecule has 4 nitrogen and oxygen atoms in total. The summed E-state index contributed by atoms with van der Waals surface area (Å²) < 4.78 is 0. The van der Waals surface area contributed by atoms with Gasteiger partial charge in [0.05, 0.1) is 6.54 Å². The summed E-state index contributed by atoms with van der Waals surface area (Å²) in [7, 11) is 0. The van der Waals surface area contributed by atoms with Crippen LogP contribution in [-0.2, 0) is 6.42 Å². The average molecular weight is 434 g/mol. The topological polar surface area (TPSA) is 49.3 Å². The lowest BCUT2D eigenvalue weighted by Gasteiger charge is -2.12. The first-order chi connectivity index (χ1) is 10.3. The highest BCUT2D eigenvalue weighted by Crippen LogP contribution is 2.25. The molecule has 22 heavy (non-hydrogen) atoms. The molecule has 1 atom stereocenters. The summed E-state index contributed by atoms with van der Waals surface area (Å²) in [5, 5.41) is 7.44. The molecule has 6 heteroatoms. The fourth-order valence-corrected chi connectivity index (χ4v) is 3.47. The summed E-state index contributed by atoms with van der Waals surface area (Å²) in [6.07, 6.45) is 5.57. The minimum absolute atomic E-state index is 0. The van der Waals surface area contributed by atoms with E-state index in [0.29, 0.717) is 5.25 Å². The van der Waals surface area contributed by atoms with Gasteiger partial charge in [-0.2, -0.15) is 11.8 Å². The van der Waals surface area contributed by atoms with Gasteiger partial charge in [-0.15, -0.1) is 24.0 Å². The third-order valence-corrected chi connectivity index (χ3v) is 4.88. The highest BCUT2D eigenvalue weighted by atomic mass is 127. The number of guanidine groups is 1. The number of pyridine rings is 1. The number of halogens is 1. The Hall–Kier alpha value is -0.500. The van der Waals surface area contributed by atoms with E-state index in [1.807, 2.05) is 13.1 Å². The van der Waals surface area contributed by atoms with Gasteiger partial charge in [0, 0.05) is 30.2 Å². The number of nitrogens with zero attached hydrogens (tertiary/aromatic N) is 2. The summed E-state index contributed by atoms with van der Waals surface area (Å²) in [5.41, 5.74) is 2.32. The molecule has 0 aliphatic carbocycles. The van der Waals surface area contributed by atoms with E-state index in [2.05, 4.69) is 46.4 Å². The minimum atomic E-state index is 0. The molecule has 2 N–H and O–H groups in total. The average Bonchev–Trinajstić information content (AvgIpc) is 3.00. The molecule has 0 amide bonds. The Labute approximate surface area is 155 Å². The van der Waals surface area contributed by atoms with Crippen molar-refractivity contribution < 1.29 is 0 Å². The van der Waals surface area contributed by atoms with E-state index in [0.717, 1.165) is 37.7 Å². The van der Waals surface area contributed by atoms with Crippen molar-refractivity contribution >= 4 is 41.7 Å². The third-order valence-electron chi connectivity index (χ3n) is 3.50. The molecular weight excluding hydrogens is 407 g/mol. The van der Waals surface area contributed by atoms with Gasteiger partial charge >= 0.3 is 0 Å². The van der Waals surface area contributed by atoms with Gasteiger partial charge in [0.1, 0.15) is 0 Å². The van der Waals surface area contributed by atoms with E-state index in [1.54, 1.807) is 0 Å². The quantitative estimate of drug-likeness (QED) is 0.411. The molecule has 1 aliphatic rings. The van der Waals surface area contributed by atoms with Crippen LogP contribution in [0.2, 0.25) is 0 Å². The van der Waals surface area contributed by atoms with Crippen LogP contribution in [0.15, 0.2) is 23.3 Å². The Bertz CT molecular complexity index is 444. The largest absolute Gasteiger partial charge is 0.357 e. The maximum absolute atomic E-state index is 4.70. The first-order valence-electron chi connectivity index (χ1n) is 7.83. The third kappa shape index (κ3) is 7.17. The van der Waals surface area contributed by atoms with Crippen LogP contribution in [0.5, 0.6) is 0 Å². The van der Waals surface area contributed by atoms with Crippen LogP contribution in [0.1, 0.15) is 31.0 Å². The van der Waals surface area contributed by atoms with Crippen molar-refractivity contribution in [2.75, 3.05) is 25.4 Å². The Balaban J connectivity index is 0.00000242. The maximum Gasteiger partial charge on any atom is 0.191 e. The number of aliphatic imine (C=N–C) groups is 1. The van der Waals surface area contributed by atoms with E-state index in [4.69, 9.17) is 4.99 Å². The zero-order valence-corrected chi connectivity index (χ0v) is 16.6. The van der Waals surface area contributed by atoms with Crippen LogP contribution in [0.3, 0.4) is 0 Å². The first-order valence-corrected chi connectivity index (χ1v) is 8.88. The summed E-state index contributed by atoms with van der Waals surface area (Å²) in [5.74, 6) is 2.23. The van der Waals surface area contributed by atoms with Gasteiger partial charge in [0.25, 0.3) is 0 Å². The van der Waals surface area contributed by atoms with Crippen molar-refractivity contribution in [1.29, 1.82) is 0 Å². The normalized spacial score (nSPS) is 17.9. The molecule has 124 valence electrons. The Kier molecular flexibility index (Phi) is 9.86. The van der Waals surface area contributed by atoms with E-state index in [-0.39, 0.29) is 24.0 Å². The lowest BCUT2D eigenvalue weighted by atomic mass is 10.2. The minimum Gasteiger partial charge on any atom is -0.357 e. The number of aromatic nitrogens is 1. The molecule has 1 unspecified atom stereocenters. The van der Waals surface area contributed by atoms with Crippen molar-refractivity contribution in [1.82, 2.24) is 15.6 Å². The van der Waals surface area contributed by atoms with E-state index in [9.17, 15) is 0 Å². The van der Waals surface area contributed by atoms with E-state index in [1.165, 1.54) is 24.2 Å². The van der Waals surface area contributed by atoms with Crippen molar-refractivity contribution in [3.8, 4) is 0 Å². The number of nitrogens with one attached hydrogen (secondary N) is 2. The van der Waals surface area contributed by atoms with Gasteiger partial charge in [-0.25, -0.2) is 0 Å². The second-order valence-corrected chi connectivity index (χ2v) is 6.75. The van der Waals surface area contributed by atoms with Gasteiger partial charge in [-0.1, -0.05) is 6.07 Å². The summed E-state index contributed by atoms with van der Waals surface area (Å²) >= 11 is 2.05. The van der Waals surface area contributed by atoms with Crippen molar-refractivity contribution in [3.05, 3.63) is 29.6 Å². The van der Waals surface area contributed by atoms with E-state index >= 15 is 0 Å². The van der Waals surface area contributed by atoms with Gasteiger partial charge < -0.3 is 10.6 Å². The van der Waals surface area contributed by atoms with Crippen LogP contribution in [-0.4, -0.2) is 41.6 Å². The second-order valence-electron chi connectivity index (χ2n) is 5.34. The Morgan fingerprint density at radius 1 is 1.41 bits per heavy atom. The Morgan fingerprint density at radius 3 is 2.91 bits per heavy atom. The summed E-state index contributed by atoms with van der Waals surface area (Å²) in [6.45, 7) is 6.82. The lowest BCUT2D eigenvalue weighted by molar-refractivity contribution is 0.760. The van der Waals surface area contributed by atoms with Crippen LogP contribution in [0, 0.1) is 6.92 Å². The molecule has 1 saturated heterocycles. The smallest absolute Gasteiger partial charge is 0.191 e. The number of hydrogen-bond acceptors (Lipinski definition) is 3. The predicted molar refractivity (Wildman–Crippen MR) is 108 cm³/mol. The zero-order chi connectivity index (χ0) is 14.9. The van der Waals surface area contributed by atoms with Gasteiger partial charge in [0.2, 0.25) is 0 Å². The molecular formula is C16H27IN4S. The standard InChI is InChI=1S/C16H26N4S.HI/c1-3-17-16(20-12-15-5-4-10-21-15)18-9-8-14-7-6-13(2)19-11-14;/h6-7,11,15H,3-5,8-10,12H2,1-2H3,(H2,17,18,20);1H. The summed E-state index contributed by atoms with van der Waals surface area (Å²) in [6, 6.07) is 4.20. The number of hydrogen-bond donors (Lipinski definition) is 2. The summed E-state index contributed by atoms with van der Waals surface area (Å²) in [4.78, 5) is 9.02. The molecule has 0 aromatic carbocycles. The molecule has 1 aromatic heterocycles. The highest BCUT2D eigenvalue weighted by molar-refractivity contribution is 14.0. The highest BCUT2D eigenvalue weighted by Gasteiger charge is 2.14. The van der Waals surface area contributed by atoms with Crippen molar-refractivity contribution in [2.24, 2.45) is 4.99 Å². The van der Waals surface area contributed by atoms with Gasteiger partial charge in [-0.05, 0) is 50.5 Å². The van der Waals surface area contributed by atoms with Gasteiger partial charge in [0.15, 0.2) is 5.96 Å². The fraction of sp³-hybridized carbons (Fsp3) is 0.625. The lowest BCUT2D eigenvalue weighted by Crippen LogP contribution is -2.38. The maximum atomic E-state index is 4.70. The van der Waals surface area contributed by atoms with Crippen LogP contribution in [0.25, 0.3) is 0 Å². The fourth-order valence-electron chi connectivity index (χ4n) is 2.29. The van der Waals surface area contributed by atoms with Crippen LogP contribution in [0.4, 0.5) is 0 Å². The predicted octanol–water partition coefficient (Wildman–Crippen LogP) is 3.00. The first kappa shape index (κ1) is 19.5. The van der Waals surface area contributed by atoms with Gasteiger partial charge in [-0.3, -0.25) is 9.98 Å². The van der Waals surface area contributed by atoms with E-state index < -0.39 is 0 Å². The van der Waals surface area contributed by atoms with Crippen molar-refractivity contribution in [2.45, 2.75) is 38.4 Å². The van der Waals surface area contributed by atoms with Crippen LogP contribution < -0.4 is 10.6 Å². The number of aryl methyl sites for hydroxylation is 1. The van der Waals surface area contributed by atoms with Crippen molar-refractivity contribution in [3.63, 3.8) is 0 Å². The Morgan fingerprint density at radius 2 is 2.27 bits per heavy atom. The SMILES string of the molecule is CCNC(=NCC1CCCS1)NCCc1ccc(C)nc1.I.